The molecule has 6 heteroatoms. The van der Waals surface area contributed by atoms with Gasteiger partial charge in [-0.25, -0.2) is 8.42 Å². The highest BCUT2D eigenvalue weighted by molar-refractivity contribution is 7.89. The van der Waals surface area contributed by atoms with Crippen molar-refractivity contribution in [1.29, 1.82) is 0 Å². The number of aryl methyl sites for hydroxylation is 1. The molecule has 4 rings (SSSR count). The number of hydrogen-bond donors (Lipinski definition) is 1. The topological polar surface area (TPSA) is 70.5 Å². The Balaban J connectivity index is 1.64. The van der Waals surface area contributed by atoms with Gasteiger partial charge in [0.05, 0.1) is 17.0 Å². The van der Waals surface area contributed by atoms with E-state index in [9.17, 15) is 13.5 Å². The Morgan fingerprint density at radius 3 is 2.41 bits per heavy atom. The Morgan fingerprint density at radius 1 is 0.931 bits per heavy atom. The second-order valence-corrected chi connectivity index (χ2v) is 9.14. The van der Waals surface area contributed by atoms with Crippen LogP contribution in [0.25, 0.3) is 0 Å². The molecule has 3 aromatic rings. The second kappa shape index (κ2) is 8.45. The van der Waals surface area contributed by atoms with Gasteiger partial charge in [-0.2, -0.15) is 4.31 Å². The number of pyridine rings is 1. The van der Waals surface area contributed by atoms with E-state index in [1.165, 1.54) is 9.87 Å². The van der Waals surface area contributed by atoms with Crippen LogP contribution >= 0.6 is 0 Å². The first kappa shape index (κ1) is 19.8. The van der Waals surface area contributed by atoms with Gasteiger partial charge < -0.3 is 5.11 Å². The van der Waals surface area contributed by atoms with Crippen LogP contribution in [0.2, 0.25) is 0 Å². The van der Waals surface area contributed by atoms with Gasteiger partial charge in [-0.3, -0.25) is 4.98 Å². The normalized spacial score (nSPS) is 20.9. The Bertz CT molecular complexity index is 1060. The molecule has 29 heavy (non-hydrogen) atoms. The molecule has 0 saturated carbocycles. The van der Waals surface area contributed by atoms with Crippen LogP contribution in [-0.2, 0) is 22.9 Å². The fraction of sp³-hybridized carbons (Fsp3) is 0.261. The van der Waals surface area contributed by atoms with Gasteiger partial charge in [0.1, 0.15) is 0 Å². The van der Waals surface area contributed by atoms with Crippen LogP contribution in [0.3, 0.4) is 0 Å². The molecule has 1 aromatic heterocycles. The lowest BCUT2D eigenvalue weighted by Gasteiger charge is -2.39. The molecule has 0 spiro atoms. The van der Waals surface area contributed by atoms with Gasteiger partial charge >= 0.3 is 0 Å². The molecule has 1 N–H and O–H groups in total. The zero-order chi connectivity index (χ0) is 20.3. The van der Waals surface area contributed by atoms with Crippen LogP contribution in [0.15, 0.2) is 83.9 Å². The van der Waals surface area contributed by atoms with Crippen LogP contribution < -0.4 is 0 Å². The molecule has 2 atom stereocenters. The van der Waals surface area contributed by atoms with Gasteiger partial charge in [0, 0.05) is 30.4 Å². The van der Waals surface area contributed by atoms with Gasteiger partial charge in [-0.15, -0.1) is 0 Å². The number of benzene rings is 2. The third-order valence-corrected chi connectivity index (χ3v) is 7.39. The Kier molecular flexibility index (Phi) is 5.76. The van der Waals surface area contributed by atoms with E-state index in [1.54, 1.807) is 30.5 Å². The molecule has 5 nitrogen and oxygen atoms in total. The van der Waals surface area contributed by atoms with Gasteiger partial charge in [-0.1, -0.05) is 54.6 Å². The lowest BCUT2D eigenvalue weighted by atomic mass is 9.97. The smallest absolute Gasteiger partial charge is 0.243 e. The van der Waals surface area contributed by atoms with Crippen molar-refractivity contribution in [2.45, 2.75) is 36.3 Å². The van der Waals surface area contributed by atoms with Gasteiger partial charge in [0.2, 0.25) is 10.0 Å². The van der Waals surface area contributed by atoms with Crippen molar-refractivity contribution in [1.82, 2.24) is 9.29 Å². The molecule has 0 radical (unpaired) electrons. The maximum Gasteiger partial charge on any atom is 0.243 e. The predicted octanol–water partition coefficient (Wildman–Crippen LogP) is 3.36. The zero-order valence-corrected chi connectivity index (χ0v) is 16.9. The van der Waals surface area contributed by atoms with E-state index in [2.05, 4.69) is 4.98 Å². The van der Waals surface area contributed by atoms with Gasteiger partial charge in [0.15, 0.2) is 0 Å². The highest BCUT2D eigenvalue weighted by atomic mass is 32.2. The SMILES string of the molecule is O=S1(=O)c2ccccc2[C@H](O)[C@@H](Cc2ccccn2)N1CCCc1ccccc1. The van der Waals surface area contributed by atoms with Crippen molar-refractivity contribution in [3.63, 3.8) is 0 Å². The third kappa shape index (κ3) is 4.10. The minimum atomic E-state index is -3.69. The van der Waals surface area contributed by atoms with E-state index in [4.69, 9.17) is 0 Å². The average molecular weight is 409 g/mol. The summed E-state index contributed by atoms with van der Waals surface area (Å²) in [5, 5.41) is 11.1. The Labute approximate surface area is 171 Å². The predicted molar refractivity (Wildman–Crippen MR) is 112 cm³/mol. The molecule has 2 heterocycles. The minimum Gasteiger partial charge on any atom is -0.387 e. The fourth-order valence-corrected chi connectivity index (χ4v) is 5.85. The monoisotopic (exact) mass is 408 g/mol. The molecule has 0 bridgehead atoms. The summed E-state index contributed by atoms with van der Waals surface area (Å²) in [6, 6.07) is 21.7. The summed E-state index contributed by atoms with van der Waals surface area (Å²) in [6.07, 6.45) is 2.61. The van der Waals surface area contributed by atoms with E-state index < -0.39 is 22.2 Å². The van der Waals surface area contributed by atoms with Crippen molar-refractivity contribution in [2.75, 3.05) is 6.54 Å². The lowest BCUT2D eigenvalue weighted by molar-refractivity contribution is 0.0787. The van der Waals surface area contributed by atoms with E-state index in [1.807, 2.05) is 48.5 Å². The standard InChI is InChI=1S/C23H24N2O3S/c26-23-20-13-4-5-14-22(20)29(27,28)25(16-8-11-18-9-2-1-3-10-18)21(23)17-19-12-6-7-15-24-19/h1-7,9-10,12-15,21,23,26H,8,11,16-17H2/t21-,23+/m1/s1. The summed E-state index contributed by atoms with van der Waals surface area (Å²) in [7, 11) is -3.69. The molecule has 0 unspecified atom stereocenters. The second-order valence-electron chi connectivity index (χ2n) is 7.28. The largest absolute Gasteiger partial charge is 0.387 e. The van der Waals surface area contributed by atoms with Crippen LogP contribution in [0, 0.1) is 0 Å². The number of rotatable bonds is 6. The molecule has 0 amide bonds. The van der Waals surface area contributed by atoms with Crippen molar-refractivity contribution < 1.29 is 13.5 Å². The van der Waals surface area contributed by atoms with E-state index in [0.717, 1.165) is 12.1 Å². The van der Waals surface area contributed by atoms with Crippen LogP contribution in [-0.4, -0.2) is 35.4 Å². The molecule has 1 aliphatic rings. The molecule has 1 aliphatic heterocycles. The zero-order valence-electron chi connectivity index (χ0n) is 16.1. The van der Waals surface area contributed by atoms with Crippen molar-refractivity contribution in [2.24, 2.45) is 0 Å². The lowest BCUT2D eigenvalue weighted by Crippen LogP contribution is -2.49. The number of aliphatic hydroxyl groups is 1. The van der Waals surface area contributed by atoms with Crippen molar-refractivity contribution in [3.8, 4) is 0 Å². The summed E-state index contributed by atoms with van der Waals surface area (Å²) in [4.78, 5) is 4.54. The number of aromatic nitrogens is 1. The summed E-state index contributed by atoms with van der Waals surface area (Å²) in [6.45, 7) is 0.347. The summed E-state index contributed by atoms with van der Waals surface area (Å²) in [5.41, 5.74) is 2.40. The fourth-order valence-electron chi connectivity index (χ4n) is 3.95. The highest BCUT2D eigenvalue weighted by Crippen LogP contribution is 2.38. The third-order valence-electron chi connectivity index (χ3n) is 5.39. The first-order valence-corrected chi connectivity index (χ1v) is 11.2. The molecule has 2 aromatic carbocycles. The molecule has 0 saturated heterocycles. The first-order chi connectivity index (χ1) is 14.1. The molecular weight excluding hydrogens is 384 g/mol. The van der Waals surface area contributed by atoms with Crippen LogP contribution in [0.5, 0.6) is 0 Å². The number of hydrogen-bond acceptors (Lipinski definition) is 4. The van der Waals surface area contributed by atoms with Crippen molar-refractivity contribution >= 4 is 10.0 Å². The summed E-state index contributed by atoms with van der Waals surface area (Å²) < 4.78 is 28.2. The van der Waals surface area contributed by atoms with Crippen LogP contribution in [0.1, 0.15) is 29.3 Å². The van der Waals surface area contributed by atoms with E-state index in [-0.39, 0.29) is 4.90 Å². The van der Waals surface area contributed by atoms with E-state index >= 15 is 0 Å². The summed E-state index contributed by atoms with van der Waals surface area (Å²) >= 11 is 0. The molecule has 0 fully saturated rings. The Morgan fingerprint density at radius 2 is 1.66 bits per heavy atom. The van der Waals surface area contributed by atoms with Crippen molar-refractivity contribution in [3.05, 3.63) is 95.8 Å². The molecular formula is C23H24N2O3S. The number of sulfonamides is 1. The first-order valence-electron chi connectivity index (χ1n) is 9.80. The molecule has 0 aliphatic carbocycles. The van der Waals surface area contributed by atoms with Crippen LogP contribution in [0.4, 0.5) is 0 Å². The maximum atomic E-state index is 13.4. The Hall–Kier alpha value is -2.54. The number of nitrogens with zero attached hydrogens (tertiary/aromatic N) is 2. The average Bonchev–Trinajstić information content (AvgIpc) is 2.75. The van der Waals surface area contributed by atoms with Gasteiger partial charge in [-0.05, 0) is 36.6 Å². The number of aliphatic hydroxyl groups excluding tert-OH is 1. The highest BCUT2D eigenvalue weighted by Gasteiger charge is 2.43. The minimum absolute atomic E-state index is 0.199. The van der Waals surface area contributed by atoms with Gasteiger partial charge in [0.25, 0.3) is 0 Å². The number of fused-ring (bicyclic) bond motifs is 1. The maximum absolute atomic E-state index is 13.4. The molecule has 150 valence electrons. The van der Waals surface area contributed by atoms with E-state index in [0.29, 0.717) is 24.9 Å². The summed E-state index contributed by atoms with van der Waals surface area (Å²) in [5.74, 6) is 0. The quantitative estimate of drug-likeness (QED) is 0.679.